The number of nitrogens with one attached hydrogen (secondary N) is 3. The van der Waals surface area contributed by atoms with E-state index >= 15 is 0 Å². The molecule has 4 aromatic carbocycles. The number of methoxy groups -OCH3 is 1. The van der Waals surface area contributed by atoms with Crippen LogP contribution in [0, 0.1) is 0 Å². The van der Waals surface area contributed by atoms with E-state index in [4.69, 9.17) is 4.74 Å². The SMILES string of the molecule is COc1ccccc1NC(=O)[C@H](Cc1c[nH]c2ccccc12)NC(=O)C(c1ccccc1)c1ccccc1. The summed E-state index contributed by atoms with van der Waals surface area (Å²) in [5, 5.41) is 7.04. The van der Waals surface area contributed by atoms with E-state index in [0.717, 1.165) is 27.6 Å². The summed E-state index contributed by atoms with van der Waals surface area (Å²) < 4.78 is 5.42. The molecule has 5 aromatic rings. The first-order chi connectivity index (χ1) is 18.6. The zero-order valence-corrected chi connectivity index (χ0v) is 21.1. The Kier molecular flexibility index (Phi) is 7.50. The van der Waals surface area contributed by atoms with Crippen LogP contribution in [0.2, 0.25) is 0 Å². The molecule has 0 radical (unpaired) electrons. The minimum absolute atomic E-state index is 0.248. The molecule has 0 aliphatic carbocycles. The van der Waals surface area contributed by atoms with Gasteiger partial charge in [-0.25, -0.2) is 0 Å². The van der Waals surface area contributed by atoms with Crippen molar-refractivity contribution in [2.24, 2.45) is 0 Å². The van der Waals surface area contributed by atoms with Gasteiger partial charge in [0.15, 0.2) is 0 Å². The second-order valence-corrected chi connectivity index (χ2v) is 9.07. The summed E-state index contributed by atoms with van der Waals surface area (Å²) in [6, 6.07) is 33.5. The summed E-state index contributed by atoms with van der Waals surface area (Å²) >= 11 is 0. The topological polar surface area (TPSA) is 83.2 Å². The molecule has 1 aromatic heterocycles. The molecule has 1 heterocycles. The molecule has 190 valence electrons. The summed E-state index contributed by atoms with van der Waals surface area (Å²) in [6.45, 7) is 0. The second-order valence-electron chi connectivity index (χ2n) is 9.07. The molecule has 0 aliphatic rings. The lowest BCUT2D eigenvalue weighted by atomic mass is 9.90. The van der Waals surface area contributed by atoms with Gasteiger partial charge in [-0.15, -0.1) is 0 Å². The summed E-state index contributed by atoms with van der Waals surface area (Å²) in [6.07, 6.45) is 2.21. The number of hydrogen-bond acceptors (Lipinski definition) is 3. The van der Waals surface area contributed by atoms with E-state index in [1.54, 1.807) is 19.2 Å². The van der Waals surface area contributed by atoms with E-state index in [0.29, 0.717) is 17.9 Å². The number of ether oxygens (including phenoxy) is 1. The average Bonchev–Trinajstić information content (AvgIpc) is 3.37. The van der Waals surface area contributed by atoms with E-state index < -0.39 is 12.0 Å². The van der Waals surface area contributed by atoms with Gasteiger partial charge in [-0.3, -0.25) is 9.59 Å². The Bertz CT molecular complexity index is 1490. The third-order valence-electron chi connectivity index (χ3n) is 6.62. The number of benzene rings is 4. The molecule has 0 unspecified atom stereocenters. The van der Waals surface area contributed by atoms with Gasteiger partial charge in [0.05, 0.1) is 18.7 Å². The number of para-hydroxylation sites is 3. The maximum absolute atomic E-state index is 13.9. The van der Waals surface area contributed by atoms with E-state index in [1.165, 1.54) is 0 Å². The predicted molar refractivity (Wildman–Crippen MR) is 150 cm³/mol. The van der Waals surface area contributed by atoms with Gasteiger partial charge >= 0.3 is 0 Å². The van der Waals surface area contributed by atoms with E-state index in [1.807, 2.05) is 103 Å². The molecule has 0 aliphatic heterocycles. The molecule has 1 atom stereocenters. The van der Waals surface area contributed by atoms with Crippen LogP contribution in [0.15, 0.2) is 115 Å². The van der Waals surface area contributed by atoms with Crippen LogP contribution in [-0.2, 0) is 16.0 Å². The number of anilines is 1. The maximum Gasteiger partial charge on any atom is 0.247 e. The molecule has 0 bridgehead atoms. The zero-order valence-electron chi connectivity index (χ0n) is 21.1. The molecule has 0 saturated heterocycles. The summed E-state index contributed by atoms with van der Waals surface area (Å²) in [7, 11) is 1.56. The van der Waals surface area contributed by atoms with Gasteiger partial charge < -0.3 is 20.4 Å². The van der Waals surface area contributed by atoms with Crippen LogP contribution in [0.1, 0.15) is 22.6 Å². The van der Waals surface area contributed by atoms with Crippen molar-refractivity contribution in [3.05, 3.63) is 132 Å². The Morgan fingerprint density at radius 2 is 1.37 bits per heavy atom. The molecule has 2 amide bonds. The number of carbonyl (C=O) groups excluding carboxylic acids is 2. The maximum atomic E-state index is 13.9. The highest BCUT2D eigenvalue weighted by Gasteiger charge is 2.29. The smallest absolute Gasteiger partial charge is 0.247 e. The molecule has 38 heavy (non-hydrogen) atoms. The highest BCUT2D eigenvalue weighted by molar-refractivity contribution is 6.00. The lowest BCUT2D eigenvalue weighted by molar-refractivity contribution is -0.126. The quantitative estimate of drug-likeness (QED) is 0.242. The normalized spacial score (nSPS) is 11.7. The van der Waals surface area contributed by atoms with Crippen molar-refractivity contribution < 1.29 is 14.3 Å². The molecule has 3 N–H and O–H groups in total. The van der Waals surface area contributed by atoms with Gasteiger partial charge in [0.1, 0.15) is 11.8 Å². The summed E-state index contributed by atoms with van der Waals surface area (Å²) in [5.41, 5.74) is 4.17. The highest BCUT2D eigenvalue weighted by Crippen LogP contribution is 2.27. The van der Waals surface area contributed by atoms with Crippen LogP contribution in [-0.4, -0.2) is 29.9 Å². The Morgan fingerprint density at radius 3 is 2.05 bits per heavy atom. The molecular weight excluding hydrogens is 474 g/mol. The highest BCUT2D eigenvalue weighted by atomic mass is 16.5. The Morgan fingerprint density at radius 1 is 0.763 bits per heavy atom. The van der Waals surface area contributed by atoms with Gasteiger partial charge in [0.2, 0.25) is 11.8 Å². The molecule has 6 heteroatoms. The number of carbonyl (C=O) groups is 2. The lowest BCUT2D eigenvalue weighted by Gasteiger charge is -2.23. The standard InChI is InChI=1S/C32H29N3O3/c1-38-29-19-11-10-18-27(29)34-31(36)28(20-24-21-33-26-17-9-8-16-25(24)26)35-32(37)30(22-12-4-2-5-13-22)23-14-6-3-7-15-23/h2-19,21,28,30,33H,20H2,1H3,(H,34,36)(H,35,37)/t28-/m0/s1. The first kappa shape index (κ1) is 24.8. The predicted octanol–water partition coefficient (Wildman–Crippen LogP) is 5.67. The molecule has 6 nitrogen and oxygen atoms in total. The first-order valence-corrected chi connectivity index (χ1v) is 12.5. The number of aromatic amines is 1. The van der Waals surface area contributed by atoms with Gasteiger partial charge in [0.25, 0.3) is 0 Å². The monoisotopic (exact) mass is 503 g/mol. The molecule has 5 rings (SSSR count). The van der Waals surface area contributed by atoms with Crippen molar-refractivity contribution in [2.75, 3.05) is 12.4 Å². The van der Waals surface area contributed by atoms with Crippen molar-refractivity contribution in [1.82, 2.24) is 10.3 Å². The summed E-state index contributed by atoms with van der Waals surface area (Å²) in [4.78, 5) is 30.8. The minimum atomic E-state index is -0.832. The van der Waals surface area contributed by atoms with Gasteiger partial charge in [-0.1, -0.05) is 91.0 Å². The van der Waals surface area contributed by atoms with Crippen LogP contribution < -0.4 is 15.4 Å². The largest absolute Gasteiger partial charge is 0.495 e. The number of H-pyrrole nitrogens is 1. The van der Waals surface area contributed by atoms with E-state index in [2.05, 4.69) is 15.6 Å². The first-order valence-electron chi connectivity index (χ1n) is 12.5. The van der Waals surface area contributed by atoms with Crippen LogP contribution >= 0.6 is 0 Å². The molecular formula is C32H29N3O3. The number of hydrogen-bond donors (Lipinski definition) is 3. The number of amides is 2. The van der Waals surface area contributed by atoms with Gasteiger partial charge in [0, 0.05) is 23.5 Å². The van der Waals surface area contributed by atoms with Crippen LogP contribution in [0.4, 0.5) is 5.69 Å². The molecule has 0 fully saturated rings. The van der Waals surface area contributed by atoms with E-state index in [9.17, 15) is 9.59 Å². The zero-order chi connectivity index (χ0) is 26.3. The van der Waals surface area contributed by atoms with Crippen molar-refractivity contribution in [3.63, 3.8) is 0 Å². The lowest BCUT2D eigenvalue weighted by Crippen LogP contribution is -2.47. The van der Waals surface area contributed by atoms with Gasteiger partial charge in [-0.05, 0) is 34.9 Å². The van der Waals surface area contributed by atoms with Crippen molar-refractivity contribution in [1.29, 1.82) is 0 Å². The second kappa shape index (κ2) is 11.5. The van der Waals surface area contributed by atoms with E-state index in [-0.39, 0.29) is 11.8 Å². The van der Waals surface area contributed by atoms with Crippen LogP contribution in [0.25, 0.3) is 10.9 Å². The number of fused-ring (bicyclic) bond motifs is 1. The van der Waals surface area contributed by atoms with Crippen molar-refractivity contribution >= 4 is 28.4 Å². The average molecular weight is 504 g/mol. The fourth-order valence-electron chi connectivity index (χ4n) is 4.74. The third kappa shape index (κ3) is 5.44. The Hall–Kier alpha value is -4.84. The van der Waals surface area contributed by atoms with Crippen LogP contribution in [0.3, 0.4) is 0 Å². The Balaban J connectivity index is 1.48. The number of aromatic nitrogens is 1. The Labute approximate surface area is 221 Å². The van der Waals surface area contributed by atoms with Crippen molar-refractivity contribution in [2.45, 2.75) is 18.4 Å². The number of rotatable bonds is 9. The molecule has 0 spiro atoms. The summed E-state index contributed by atoms with van der Waals surface area (Å²) in [5.74, 6) is -0.596. The third-order valence-corrected chi connectivity index (χ3v) is 6.62. The van der Waals surface area contributed by atoms with Crippen LogP contribution in [0.5, 0.6) is 5.75 Å². The fourth-order valence-corrected chi connectivity index (χ4v) is 4.74. The van der Waals surface area contributed by atoms with Crippen molar-refractivity contribution in [3.8, 4) is 5.75 Å². The fraction of sp³-hybridized carbons (Fsp3) is 0.125. The molecule has 0 saturated carbocycles. The van der Waals surface area contributed by atoms with Gasteiger partial charge in [-0.2, -0.15) is 0 Å². The minimum Gasteiger partial charge on any atom is -0.495 e.